The Bertz CT molecular complexity index is 221. The Morgan fingerprint density at radius 2 is 1.59 bits per heavy atom. The van der Waals surface area contributed by atoms with Gasteiger partial charge in [-0.25, -0.2) is 0 Å². The standard InChI is InChI=1S/C10H21NO5.ClH/c1-2-3-4-11-6(5-12)7(13)8(14)9(15)10(11)16;/h6-10,12-16H,2-5H2,1H3;1H/t6-,7-,8+,9-,10?;/m1./s1. The summed E-state index contributed by atoms with van der Waals surface area (Å²) in [6.45, 7) is 2.07. The zero-order valence-electron chi connectivity index (χ0n) is 9.81. The first-order chi connectivity index (χ1) is 7.54. The van der Waals surface area contributed by atoms with E-state index in [9.17, 15) is 20.4 Å². The molecule has 7 heteroatoms. The lowest BCUT2D eigenvalue weighted by Gasteiger charge is -2.46. The average molecular weight is 272 g/mol. The third-order valence-corrected chi connectivity index (χ3v) is 3.12. The van der Waals surface area contributed by atoms with E-state index in [4.69, 9.17) is 5.11 Å². The molecule has 0 aliphatic carbocycles. The molecule has 0 bridgehead atoms. The monoisotopic (exact) mass is 271 g/mol. The van der Waals surface area contributed by atoms with Crippen LogP contribution in [0.1, 0.15) is 19.8 Å². The minimum Gasteiger partial charge on any atom is -0.395 e. The van der Waals surface area contributed by atoms with Crippen LogP contribution in [0.4, 0.5) is 0 Å². The van der Waals surface area contributed by atoms with E-state index in [1.807, 2.05) is 6.92 Å². The number of rotatable bonds is 4. The summed E-state index contributed by atoms with van der Waals surface area (Å²) in [5.41, 5.74) is 0. The van der Waals surface area contributed by atoms with Crippen molar-refractivity contribution in [3.8, 4) is 0 Å². The Hall–Kier alpha value is 0.0500. The van der Waals surface area contributed by atoms with Crippen LogP contribution in [0.5, 0.6) is 0 Å². The maximum absolute atomic E-state index is 9.75. The summed E-state index contributed by atoms with van der Waals surface area (Å²) in [7, 11) is 0. The minimum absolute atomic E-state index is 0. The van der Waals surface area contributed by atoms with Gasteiger partial charge >= 0.3 is 0 Å². The fourth-order valence-corrected chi connectivity index (χ4v) is 2.05. The molecular weight excluding hydrogens is 250 g/mol. The third-order valence-electron chi connectivity index (χ3n) is 3.12. The van der Waals surface area contributed by atoms with Crippen molar-refractivity contribution >= 4 is 12.4 Å². The van der Waals surface area contributed by atoms with E-state index in [0.29, 0.717) is 6.54 Å². The topological polar surface area (TPSA) is 104 Å². The summed E-state index contributed by atoms with van der Waals surface area (Å²) in [6.07, 6.45) is -3.65. The lowest BCUT2D eigenvalue weighted by Crippen LogP contribution is -2.67. The van der Waals surface area contributed by atoms with Gasteiger partial charge in [-0.05, 0) is 6.42 Å². The number of aliphatic hydroxyl groups excluding tert-OH is 5. The summed E-state index contributed by atoms with van der Waals surface area (Å²) < 4.78 is 0. The molecule has 0 radical (unpaired) electrons. The van der Waals surface area contributed by atoms with Gasteiger partial charge in [-0.15, -0.1) is 12.4 Å². The third kappa shape index (κ3) is 3.51. The van der Waals surface area contributed by atoms with Gasteiger partial charge in [-0.3, -0.25) is 4.90 Å². The average Bonchev–Trinajstić information content (AvgIpc) is 2.29. The number of hydrogen-bond donors (Lipinski definition) is 5. The lowest BCUT2D eigenvalue weighted by atomic mass is 9.92. The second-order valence-electron chi connectivity index (χ2n) is 4.23. The van der Waals surface area contributed by atoms with Crippen LogP contribution < -0.4 is 0 Å². The molecule has 0 aromatic rings. The highest BCUT2D eigenvalue weighted by Crippen LogP contribution is 2.23. The van der Waals surface area contributed by atoms with E-state index >= 15 is 0 Å². The molecule has 0 spiro atoms. The van der Waals surface area contributed by atoms with Crippen LogP contribution in [0.15, 0.2) is 0 Å². The molecule has 0 amide bonds. The molecule has 1 heterocycles. The van der Waals surface area contributed by atoms with Gasteiger partial charge in [-0.2, -0.15) is 0 Å². The fraction of sp³-hybridized carbons (Fsp3) is 1.00. The fourth-order valence-electron chi connectivity index (χ4n) is 2.05. The summed E-state index contributed by atoms with van der Waals surface area (Å²) in [6, 6.07) is -0.736. The zero-order valence-corrected chi connectivity index (χ0v) is 10.6. The Morgan fingerprint density at radius 3 is 2.06 bits per heavy atom. The van der Waals surface area contributed by atoms with Gasteiger partial charge in [-0.1, -0.05) is 13.3 Å². The van der Waals surface area contributed by atoms with Crippen LogP contribution in [0.2, 0.25) is 0 Å². The second-order valence-corrected chi connectivity index (χ2v) is 4.23. The van der Waals surface area contributed by atoms with Crippen molar-refractivity contribution in [3.63, 3.8) is 0 Å². The van der Waals surface area contributed by atoms with Gasteiger partial charge in [0.15, 0.2) is 0 Å². The number of halogens is 1. The minimum atomic E-state index is -1.43. The Morgan fingerprint density at radius 1 is 1.00 bits per heavy atom. The molecule has 0 aromatic heterocycles. The second kappa shape index (κ2) is 7.48. The van der Waals surface area contributed by atoms with Crippen molar-refractivity contribution in [1.29, 1.82) is 0 Å². The van der Waals surface area contributed by atoms with E-state index in [1.54, 1.807) is 0 Å². The van der Waals surface area contributed by atoms with Gasteiger partial charge in [0.25, 0.3) is 0 Å². The highest BCUT2D eigenvalue weighted by Gasteiger charge is 2.46. The normalized spacial score (nSPS) is 38.8. The maximum Gasteiger partial charge on any atom is 0.136 e. The number of piperidine rings is 1. The van der Waals surface area contributed by atoms with E-state index in [-0.39, 0.29) is 19.0 Å². The summed E-state index contributed by atoms with van der Waals surface area (Å²) in [4.78, 5) is 1.44. The lowest BCUT2D eigenvalue weighted by molar-refractivity contribution is -0.222. The van der Waals surface area contributed by atoms with Gasteiger partial charge in [0.1, 0.15) is 24.5 Å². The van der Waals surface area contributed by atoms with E-state index in [0.717, 1.165) is 12.8 Å². The molecule has 17 heavy (non-hydrogen) atoms. The van der Waals surface area contributed by atoms with Crippen LogP contribution in [-0.2, 0) is 0 Å². The Kier molecular flexibility index (Phi) is 7.50. The molecular formula is C10H22ClNO5. The summed E-state index contributed by atoms with van der Waals surface area (Å²) in [5, 5.41) is 47.5. The van der Waals surface area contributed by atoms with Crippen LogP contribution in [0.25, 0.3) is 0 Å². The zero-order chi connectivity index (χ0) is 12.3. The van der Waals surface area contributed by atoms with Crippen LogP contribution in [-0.4, -0.2) is 74.2 Å². The van der Waals surface area contributed by atoms with Crippen molar-refractivity contribution < 1.29 is 25.5 Å². The number of aliphatic hydroxyl groups is 5. The molecule has 0 aromatic carbocycles. The van der Waals surface area contributed by atoms with Gasteiger partial charge in [0.2, 0.25) is 0 Å². The van der Waals surface area contributed by atoms with Gasteiger partial charge < -0.3 is 25.5 Å². The van der Waals surface area contributed by atoms with E-state index in [2.05, 4.69) is 0 Å². The van der Waals surface area contributed by atoms with Gasteiger partial charge in [0.05, 0.1) is 12.6 Å². The van der Waals surface area contributed by atoms with Crippen molar-refractivity contribution in [2.24, 2.45) is 0 Å². The Balaban J connectivity index is 0.00000256. The number of likely N-dealkylation sites (tertiary alicyclic amines) is 1. The van der Waals surface area contributed by atoms with Crippen molar-refractivity contribution in [3.05, 3.63) is 0 Å². The molecule has 1 unspecified atom stereocenters. The van der Waals surface area contributed by atoms with E-state index in [1.165, 1.54) is 4.90 Å². The van der Waals surface area contributed by atoms with Crippen LogP contribution >= 0.6 is 12.4 Å². The van der Waals surface area contributed by atoms with Crippen molar-refractivity contribution in [2.45, 2.75) is 50.3 Å². The van der Waals surface area contributed by atoms with Crippen molar-refractivity contribution in [1.82, 2.24) is 4.90 Å². The summed E-state index contributed by atoms with van der Waals surface area (Å²) in [5.74, 6) is 0. The van der Waals surface area contributed by atoms with E-state index < -0.39 is 30.6 Å². The smallest absolute Gasteiger partial charge is 0.136 e. The quantitative estimate of drug-likeness (QED) is 0.417. The van der Waals surface area contributed by atoms with Gasteiger partial charge in [0, 0.05) is 6.54 Å². The highest BCUT2D eigenvalue weighted by atomic mass is 35.5. The molecule has 104 valence electrons. The maximum atomic E-state index is 9.75. The molecule has 1 saturated heterocycles. The SMILES string of the molecule is CCCCN1C(O)[C@H](O)[C@@H](O)[C@H](O)[C@H]1CO.Cl. The molecule has 1 rings (SSSR count). The Labute approximate surface area is 107 Å². The molecule has 1 aliphatic rings. The molecule has 5 N–H and O–H groups in total. The number of unbranched alkanes of at least 4 members (excludes halogenated alkanes) is 1. The first-order valence-electron chi connectivity index (χ1n) is 5.63. The summed E-state index contributed by atoms with van der Waals surface area (Å²) >= 11 is 0. The van der Waals surface area contributed by atoms with Crippen molar-refractivity contribution in [2.75, 3.05) is 13.2 Å². The highest BCUT2D eigenvalue weighted by molar-refractivity contribution is 5.85. The molecule has 0 saturated carbocycles. The molecule has 1 aliphatic heterocycles. The largest absolute Gasteiger partial charge is 0.395 e. The number of nitrogens with zero attached hydrogens (tertiary/aromatic N) is 1. The van der Waals surface area contributed by atoms with Crippen LogP contribution in [0, 0.1) is 0 Å². The molecule has 5 atom stereocenters. The van der Waals surface area contributed by atoms with Crippen LogP contribution in [0.3, 0.4) is 0 Å². The predicted molar refractivity (Wildman–Crippen MR) is 63.8 cm³/mol. The number of hydrogen-bond acceptors (Lipinski definition) is 6. The predicted octanol–water partition coefficient (Wildman–Crippen LogP) is -1.71. The first-order valence-corrected chi connectivity index (χ1v) is 5.63. The molecule has 1 fully saturated rings. The molecule has 6 nitrogen and oxygen atoms in total. The first kappa shape index (κ1) is 17.1.